The van der Waals surface area contributed by atoms with Crippen molar-refractivity contribution < 1.29 is 0 Å². The first-order valence-corrected chi connectivity index (χ1v) is 16.9. The van der Waals surface area contributed by atoms with Gasteiger partial charge in [0, 0.05) is 53.3 Å². The summed E-state index contributed by atoms with van der Waals surface area (Å²) in [5.74, 6) is 0. The zero-order valence-corrected chi connectivity index (χ0v) is 26.9. The fourth-order valence-corrected chi connectivity index (χ4v) is 8.82. The molecular formula is C44H24N4S. The van der Waals surface area contributed by atoms with Crippen molar-refractivity contribution >= 4 is 86.5 Å². The van der Waals surface area contributed by atoms with Crippen LogP contribution in [0, 0.1) is 13.1 Å². The Balaban J connectivity index is 1.32. The molecule has 10 rings (SSSR count). The molecule has 3 aromatic heterocycles. The molecule has 7 aromatic carbocycles. The van der Waals surface area contributed by atoms with Crippen LogP contribution in [0.25, 0.3) is 96.0 Å². The van der Waals surface area contributed by atoms with Crippen molar-refractivity contribution in [2.24, 2.45) is 0 Å². The van der Waals surface area contributed by atoms with Gasteiger partial charge >= 0.3 is 0 Å². The normalized spacial score (nSPS) is 11.6. The molecule has 0 amide bonds. The number of nitrogens with zero attached hydrogens (tertiary/aromatic N) is 4. The van der Waals surface area contributed by atoms with Crippen LogP contribution < -0.4 is 0 Å². The average Bonchev–Trinajstić information content (AvgIpc) is 3.81. The Hall–Kier alpha value is -6.66. The topological polar surface area (TPSA) is 18.6 Å². The highest BCUT2D eigenvalue weighted by Gasteiger charge is 2.22. The number of aromatic nitrogens is 2. The summed E-state index contributed by atoms with van der Waals surface area (Å²) in [4.78, 5) is 7.77. The molecule has 0 radical (unpaired) electrons. The molecule has 0 spiro atoms. The van der Waals surface area contributed by atoms with Crippen molar-refractivity contribution in [2.45, 2.75) is 0 Å². The predicted molar refractivity (Wildman–Crippen MR) is 206 cm³/mol. The Morgan fingerprint density at radius 1 is 0.490 bits per heavy atom. The van der Waals surface area contributed by atoms with Gasteiger partial charge in [0.2, 0.25) is 0 Å². The number of benzene rings is 7. The number of hydrogen-bond acceptors (Lipinski definition) is 1. The first-order chi connectivity index (χ1) is 24.2. The standard InChI is InChI=1S/C44H24N4S/c1-45-28-20-23-38-34(26-28)30-13-6-8-16-36(30)48(38)39-17-10-15-35(46-2)42(39)27-19-22-37-33(25-27)31-21-24-41-43(32-14-7-9-18-40(32)49-41)44(31)47(37)29-11-4-3-5-12-29/h3-26H. The molecule has 4 nitrogen and oxygen atoms in total. The second-order valence-corrected chi connectivity index (χ2v) is 13.4. The minimum atomic E-state index is 0.596. The number of hydrogen-bond donors (Lipinski definition) is 0. The van der Waals surface area contributed by atoms with Crippen molar-refractivity contribution in [3.8, 4) is 22.5 Å². The van der Waals surface area contributed by atoms with E-state index in [1.165, 1.54) is 31.1 Å². The van der Waals surface area contributed by atoms with Crippen molar-refractivity contribution in [3.63, 3.8) is 0 Å². The van der Waals surface area contributed by atoms with Crippen LogP contribution in [0.15, 0.2) is 146 Å². The Morgan fingerprint density at radius 2 is 1.22 bits per heavy atom. The highest BCUT2D eigenvalue weighted by Crippen LogP contribution is 2.46. The summed E-state index contributed by atoms with van der Waals surface area (Å²) in [7, 11) is 0. The molecule has 5 heteroatoms. The summed E-state index contributed by atoms with van der Waals surface area (Å²) >= 11 is 1.83. The molecule has 0 N–H and O–H groups in total. The molecule has 0 aliphatic carbocycles. The molecule has 0 saturated carbocycles. The molecule has 3 heterocycles. The van der Waals surface area contributed by atoms with Crippen LogP contribution >= 0.6 is 11.3 Å². The quantitative estimate of drug-likeness (QED) is 0.171. The van der Waals surface area contributed by atoms with E-state index >= 15 is 0 Å². The molecule has 0 fully saturated rings. The third kappa shape index (κ3) is 3.88. The maximum Gasteiger partial charge on any atom is 0.196 e. The summed E-state index contributed by atoms with van der Waals surface area (Å²) in [6.07, 6.45) is 0. The maximum atomic E-state index is 8.27. The van der Waals surface area contributed by atoms with Gasteiger partial charge in [0.05, 0.1) is 35.2 Å². The Morgan fingerprint density at radius 3 is 2.08 bits per heavy atom. The van der Waals surface area contributed by atoms with E-state index in [9.17, 15) is 0 Å². The van der Waals surface area contributed by atoms with E-state index in [0.717, 1.165) is 55.2 Å². The van der Waals surface area contributed by atoms with Crippen molar-refractivity contribution in [1.29, 1.82) is 0 Å². The molecule has 0 saturated heterocycles. The SMILES string of the molecule is [C-]#[N+]c1ccc2c(c1)c1ccccc1n2-c1cccc([N+]#[C-])c1-c1ccc2c(c1)c1ccc3sc4ccccc4c3c1n2-c1ccccc1. The minimum absolute atomic E-state index is 0.596. The van der Waals surface area contributed by atoms with Gasteiger partial charge in [0.25, 0.3) is 0 Å². The smallest absolute Gasteiger partial charge is 0.196 e. The van der Waals surface area contributed by atoms with Gasteiger partial charge in [-0.25, -0.2) is 9.69 Å². The van der Waals surface area contributed by atoms with E-state index in [4.69, 9.17) is 13.1 Å². The molecule has 10 aromatic rings. The number of rotatable bonds is 3. The summed E-state index contributed by atoms with van der Waals surface area (Å²) < 4.78 is 7.20. The van der Waals surface area contributed by atoms with E-state index in [-0.39, 0.29) is 0 Å². The van der Waals surface area contributed by atoms with Crippen LogP contribution in [0.4, 0.5) is 11.4 Å². The van der Waals surface area contributed by atoms with Crippen LogP contribution in [0.5, 0.6) is 0 Å². The number of fused-ring (bicyclic) bond motifs is 10. The van der Waals surface area contributed by atoms with E-state index in [1.807, 2.05) is 53.8 Å². The van der Waals surface area contributed by atoms with Gasteiger partial charge in [-0.3, -0.25) is 0 Å². The summed E-state index contributed by atoms with van der Waals surface area (Å²) in [5, 5.41) is 6.96. The number of thiophene rings is 1. The molecule has 0 unspecified atom stereocenters. The van der Waals surface area contributed by atoms with E-state index < -0.39 is 0 Å². The minimum Gasteiger partial charge on any atom is -0.310 e. The Labute approximate surface area is 285 Å². The summed E-state index contributed by atoms with van der Waals surface area (Å²) in [6, 6.07) is 50.7. The van der Waals surface area contributed by atoms with Crippen molar-refractivity contribution in [3.05, 3.63) is 168 Å². The molecule has 0 aliphatic heterocycles. The average molecular weight is 641 g/mol. The van der Waals surface area contributed by atoms with Gasteiger partial charge in [0.1, 0.15) is 0 Å². The van der Waals surface area contributed by atoms with Crippen LogP contribution in [0.3, 0.4) is 0 Å². The Bertz CT molecular complexity index is 3070. The van der Waals surface area contributed by atoms with Crippen LogP contribution in [-0.2, 0) is 0 Å². The third-order valence-corrected chi connectivity index (χ3v) is 10.9. The van der Waals surface area contributed by atoms with Crippen LogP contribution in [0.2, 0.25) is 0 Å². The lowest BCUT2D eigenvalue weighted by atomic mass is 9.98. The zero-order chi connectivity index (χ0) is 32.6. The largest absolute Gasteiger partial charge is 0.310 e. The molecule has 0 atom stereocenters. The van der Waals surface area contributed by atoms with Gasteiger partial charge in [-0.1, -0.05) is 84.9 Å². The predicted octanol–water partition coefficient (Wildman–Crippen LogP) is 13.0. The lowest BCUT2D eigenvalue weighted by Crippen LogP contribution is -1.97. The van der Waals surface area contributed by atoms with Crippen molar-refractivity contribution in [2.75, 3.05) is 0 Å². The Kier molecular flexibility index (Phi) is 5.84. The third-order valence-electron chi connectivity index (χ3n) is 9.74. The van der Waals surface area contributed by atoms with E-state index in [1.54, 1.807) is 0 Å². The highest BCUT2D eigenvalue weighted by molar-refractivity contribution is 7.26. The fourth-order valence-electron chi connectivity index (χ4n) is 7.71. The second-order valence-electron chi connectivity index (χ2n) is 12.3. The molecule has 49 heavy (non-hydrogen) atoms. The van der Waals surface area contributed by atoms with Gasteiger partial charge in [-0.2, -0.15) is 0 Å². The number of para-hydroxylation sites is 2. The van der Waals surface area contributed by atoms with Gasteiger partial charge in [0.15, 0.2) is 11.4 Å². The van der Waals surface area contributed by atoms with Gasteiger partial charge in [-0.15, -0.1) is 11.3 Å². The lowest BCUT2D eigenvalue weighted by Gasteiger charge is -2.16. The van der Waals surface area contributed by atoms with Gasteiger partial charge < -0.3 is 9.13 Å². The monoisotopic (exact) mass is 640 g/mol. The molecular weight excluding hydrogens is 617 g/mol. The second kappa shape index (κ2) is 10.4. The first-order valence-electron chi connectivity index (χ1n) is 16.1. The zero-order valence-electron chi connectivity index (χ0n) is 26.1. The fraction of sp³-hybridized carbons (Fsp3) is 0. The summed E-state index contributed by atoms with van der Waals surface area (Å²) in [5.41, 5.74) is 9.50. The van der Waals surface area contributed by atoms with Crippen molar-refractivity contribution in [1.82, 2.24) is 9.13 Å². The lowest BCUT2D eigenvalue weighted by molar-refractivity contribution is 1.18. The first kappa shape index (κ1) is 27.5. The van der Waals surface area contributed by atoms with Crippen LogP contribution in [0.1, 0.15) is 0 Å². The molecule has 226 valence electrons. The highest BCUT2D eigenvalue weighted by atomic mass is 32.1. The van der Waals surface area contributed by atoms with E-state index in [2.05, 4.69) is 122 Å². The summed E-state index contributed by atoms with van der Waals surface area (Å²) in [6.45, 7) is 15.9. The molecule has 0 aliphatic rings. The van der Waals surface area contributed by atoms with E-state index in [0.29, 0.717) is 11.4 Å². The van der Waals surface area contributed by atoms with Crippen LogP contribution in [-0.4, -0.2) is 9.13 Å². The van der Waals surface area contributed by atoms with Gasteiger partial charge in [-0.05, 0) is 71.6 Å². The maximum absolute atomic E-state index is 8.27. The molecule has 0 bridgehead atoms.